The van der Waals surface area contributed by atoms with Gasteiger partial charge in [0.15, 0.2) is 11.5 Å². The monoisotopic (exact) mass is 352 g/mol. The third-order valence-electron chi connectivity index (χ3n) is 4.19. The van der Waals surface area contributed by atoms with Gasteiger partial charge in [0.25, 0.3) is 5.91 Å². The molecule has 0 aromatic heterocycles. The van der Waals surface area contributed by atoms with E-state index in [2.05, 4.69) is 6.07 Å². The minimum absolute atomic E-state index is 0.120. The lowest BCUT2D eigenvalue weighted by molar-refractivity contribution is -0.143. The van der Waals surface area contributed by atoms with Gasteiger partial charge in [0, 0.05) is 24.7 Å². The SMILES string of the molecule is COc1cc(C#N)ccc1OC(C(=O)N1CCOCC1)c1ccccc1. The Labute approximate surface area is 152 Å². The standard InChI is InChI=1S/C20H20N2O4/c1-24-18-13-15(14-21)7-8-17(18)26-19(16-5-3-2-4-6-16)20(23)22-9-11-25-12-10-22/h2-8,13,19H,9-12H2,1H3. The molecule has 0 aliphatic carbocycles. The number of methoxy groups -OCH3 is 1. The van der Waals surface area contributed by atoms with E-state index in [-0.39, 0.29) is 5.91 Å². The molecule has 1 aliphatic heterocycles. The lowest BCUT2D eigenvalue weighted by Crippen LogP contribution is -2.44. The van der Waals surface area contributed by atoms with Crippen LogP contribution in [0.4, 0.5) is 0 Å². The van der Waals surface area contributed by atoms with E-state index in [1.807, 2.05) is 30.3 Å². The van der Waals surface area contributed by atoms with E-state index in [1.54, 1.807) is 23.1 Å². The van der Waals surface area contributed by atoms with Gasteiger partial charge in [-0.15, -0.1) is 0 Å². The number of hydrogen-bond acceptors (Lipinski definition) is 5. The summed E-state index contributed by atoms with van der Waals surface area (Å²) in [6.45, 7) is 2.12. The zero-order valence-electron chi connectivity index (χ0n) is 14.6. The van der Waals surface area contributed by atoms with E-state index in [0.29, 0.717) is 43.4 Å². The molecule has 1 unspecified atom stereocenters. The van der Waals surface area contributed by atoms with Crippen LogP contribution in [-0.2, 0) is 9.53 Å². The summed E-state index contributed by atoms with van der Waals surface area (Å²) in [5.74, 6) is 0.715. The van der Waals surface area contributed by atoms with Gasteiger partial charge in [0.05, 0.1) is 32.0 Å². The van der Waals surface area contributed by atoms with Crippen molar-refractivity contribution in [2.45, 2.75) is 6.10 Å². The fourth-order valence-corrected chi connectivity index (χ4v) is 2.80. The summed E-state index contributed by atoms with van der Waals surface area (Å²) < 4.78 is 16.7. The van der Waals surface area contributed by atoms with Gasteiger partial charge < -0.3 is 19.1 Å². The molecule has 0 radical (unpaired) electrons. The first-order valence-electron chi connectivity index (χ1n) is 8.39. The Morgan fingerprint density at radius 3 is 2.54 bits per heavy atom. The third-order valence-corrected chi connectivity index (χ3v) is 4.19. The second-order valence-electron chi connectivity index (χ2n) is 5.82. The largest absolute Gasteiger partial charge is 0.493 e. The quantitative estimate of drug-likeness (QED) is 0.827. The summed E-state index contributed by atoms with van der Waals surface area (Å²) >= 11 is 0. The summed E-state index contributed by atoms with van der Waals surface area (Å²) in [6.07, 6.45) is -0.795. The van der Waals surface area contributed by atoms with Crippen molar-refractivity contribution >= 4 is 5.91 Å². The number of ether oxygens (including phenoxy) is 3. The van der Waals surface area contributed by atoms with E-state index in [1.165, 1.54) is 7.11 Å². The van der Waals surface area contributed by atoms with Crippen LogP contribution in [0.25, 0.3) is 0 Å². The average molecular weight is 352 g/mol. The zero-order valence-corrected chi connectivity index (χ0v) is 14.6. The Balaban J connectivity index is 1.91. The first-order valence-corrected chi connectivity index (χ1v) is 8.39. The van der Waals surface area contributed by atoms with Crippen molar-refractivity contribution in [3.05, 3.63) is 59.7 Å². The van der Waals surface area contributed by atoms with Crippen LogP contribution < -0.4 is 9.47 Å². The summed E-state index contributed by atoms with van der Waals surface area (Å²) in [4.78, 5) is 14.8. The highest BCUT2D eigenvalue weighted by molar-refractivity contribution is 5.83. The van der Waals surface area contributed by atoms with Gasteiger partial charge >= 0.3 is 0 Å². The molecule has 1 amide bonds. The van der Waals surface area contributed by atoms with Crippen LogP contribution in [-0.4, -0.2) is 44.2 Å². The highest BCUT2D eigenvalue weighted by Gasteiger charge is 2.29. The van der Waals surface area contributed by atoms with E-state index in [4.69, 9.17) is 19.5 Å². The molecule has 1 saturated heterocycles. The van der Waals surface area contributed by atoms with Crippen LogP contribution in [0.2, 0.25) is 0 Å². The van der Waals surface area contributed by atoms with Gasteiger partial charge in [-0.3, -0.25) is 4.79 Å². The lowest BCUT2D eigenvalue weighted by atomic mass is 10.1. The van der Waals surface area contributed by atoms with E-state index < -0.39 is 6.10 Å². The molecule has 2 aromatic carbocycles. The predicted molar refractivity (Wildman–Crippen MR) is 94.9 cm³/mol. The number of morpholine rings is 1. The molecule has 3 rings (SSSR count). The molecule has 1 aliphatic rings. The molecule has 0 saturated carbocycles. The lowest BCUT2D eigenvalue weighted by Gasteiger charge is -2.31. The molecule has 1 heterocycles. The average Bonchev–Trinajstić information content (AvgIpc) is 2.72. The molecular formula is C20H20N2O4. The fraction of sp³-hybridized carbons (Fsp3) is 0.300. The summed E-state index contributed by atoms with van der Waals surface area (Å²) in [7, 11) is 1.50. The van der Waals surface area contributed by atoms with Crippen molar-refractivity contribution < 1.29 is 19.0 Å². The molecule has 0 bridgehead atoms. The molecule has 0 N–H and O–H groups in total. The zero-order chi connectivity index (χ0) is 18.4. The molecule has 6 nitrogen and oxygen atoms in total. The first-order chi connectivity index (χ1) is 12.7. The Morgan fingerprint density at radius 2 is 1.88 bits per heavy atom. The van der Waals surface area contributed by atoms with Crippen LogP contribution in [0.1, 0.15) is 17.2 Å². The molecular weight excluding hydrogens is 332 g/mol. The van der Waals surface area contributed by atoms with Crippen molar-refractivity contribution in [2.24, 2.45) is 0 Å². The third kappa shape index (κ3) is 3.95. The van der Waals surface area contributed by atoms with Crippen LogP contribution in [0.15, 0.2) is 48.5 Å². The summed E-state index contributed by atoms with van der Waals surface area (Å²) in [5, 5.41) is 9.05. The molecule has 1 atom stereocenters. The molecule has 0 spiro atoms. The van der Waals surface area contributed by atoms with Gasteiger partial charge in [-0.1, -0.05) is 30.3 Å². The number of nitrogens with zero attached hydrogens (tertiary/aromatic N) is 2. The molecule has 2 aromatic rings. The maximum atomic E-state index is 13.1. The maximum Gasteiger partial charge on any atom is 0.268 e. The Bertz CT molecular complexity index is 795. The van der Waals surface area contributed by atoms with Crippen LogP contribution >= 0.6 is 0 Å². The number of carbonyl (C=O) groups excluding carboxylic acids is 1. The van der Waals surface area contributed by atoms with E-state index in [9.17, 15) is 4.79 Å². The predicted octanol–water partition coefficient (Wildman–Crippen LogP) is 2.55. The smallest absolute Gasteiger partial charge is 0.268 e. The number of hydrogen-bond donors (Lipinski definition) is 0. The van der Waals surface area contributed by atoms with Gasteiger partial charge in [0.1, 0.15) is 0 Å². The number of amides is 1. The Hall–Kier alpha value is -3.04. The van der Waals surface area contributed by atoms with Crippen LogP contribution in [0.5, 0.6) is 11.5 Å². The Morgan fingerprint density at radius 1 is 1.15 bits per heavy atom. The minimum Gasteiger partial charge on any atom is -0.493 e. The fourth-order valence-electron chi connectivity index (χ4n) is 2.80. The summed E-state index contributed by atoms with van der Waals surface area (Å²) in [6, 6.07) is 16.3. The molecule has 26 heavy (non-hydrogen) atoms. The number of carbonyl (C=O) groups is 1. The van der Waals surface area contributed by atoms with Gasteiger partial charge in [0.2, 0.25) is 6.10 Å². The molecule has 6 heteroatoms. The van der Waals surface area contributed by atoms with Crippen LogP contribution in [0, 0.1) is 11.3 Å². The normalized spacial score (nSPS) is 15.0. The Kier molecular flexibility index (Phi) is 5.72. The molecule has 1 fully saturated rings. The second kappa shape index (κ2) is 8.37. The van der Waals surface area contributed by atoms with Gasteiger partial charge in [-0.2, -0.15) is 5.26 Å². The van der Waals surface area contributed by atoms with Gasteiger partial charge in [-0.25, -0.2) is 0 Å². The minimum atomic E-state index is -0.795. The van der Waals surface area contributed by atoms with Crippen molar-refractivity contribution in [2.75, 3.05) is 33.4 Å². The first kappa shape index (κ1) is 17.8. The summed E-state index contributed by atoms with van der Waals surface area (Å²) in [5.41, 5.74) is 1.22. The van der Waals surface area contributed by atoms with E-state index >= 15 is 0 Å². The number of benzene rings is 2. The van der Waals surface area contributed by atoms with E-state index in [0.717, 1.165) is 5.56 Å². The maximum absolute atomic E-state index is 13.1. The van der Waals surface area contributed by atoms with Crippen molar-refractivity contribution in [3.8, 4) is 17.6 Å². The van der Waals surface area contributed by atoms with Crippen LogP contribution in [0.3, 0.4) is 0 Å². The van der Waals surface area contributed by atoms with Crippen molar-refractivity contribution in [3.63, 3.8) is 0 Å². The van der Waals surface area contributed by atoms with Gasteiger partial charge in [-0.05, 0) is 12.1 Å². The second-order valence-corrected chi connectivity index (χ2v) is 5.82. The highest BCUT2D eigenvalue weighted by Crippen LogP contribution is 2.33. The van der Waals surface area contributed by atoms with Crippen molar-refractivity contribution in [1.29, 1.82) is 5.26 Å². The topological polar surface area (TPSA) is 71.8 Å². The van der Waals surface area contributed by atoms with Crippen molar-refractivity contribution in [1.82, 2.24) is 4.90 Å². The number of rotatable bonds is 5. The molecule has 134 valence electrons. The highest BCUT2D eigenvalue weighted by atomic mass is 16.5. The number of nitriles is 1.